The van der Waals surface area contributed by atoms with Crippen molar-refractivity contribution in [2.75, 3.05) is 5.75 Å². The van der Waals surface area contributed by atoms with Gasteiger partial charge in [0.2, 0.25) is 5.89 Å². The molecule has 104 valence electrons. The predicted octanol–water partition coefficient (Wildman–Crippen LogP) is 3.94. The van der Waals surface area contributed by atoms with Gasteiger partial charge in [0.25, 0.3) is 5.22 Å². The Morgan fingerprint density at radius 2 is 1.81 bits per heavy atom. The van der Waals surface area contributed by atoms with Crippen molar-refractivity contribution in [2.24, 2.45) is 0 Å². The first-order valence-corrected chi connectivity index (χ1v) is 7.49. The van der Waals surface area contributed by atoms with Crippen LogP contribution in [-0.2, 0) is 0 Å². The first-order valence-electron chi connectivity index (χ1n) is 6.50. The number of benzene rings is 1. The molecule has 2 aromatic heterocycles. The number of hydrogen-bond acceptors (Lipinski definition) is 5. The zero-order valence-corrected chi connectivity index (χ0v) is 12.0. The minimum Gasteiger partial charge on any atom is -0.411 e. The van der Waals surface area contributed by atoms with Crippen molar-refractivity contribution in [3.63, 3.8) is 0 Å². The monoisotopic (exact) mass is 295 g/mol. The van der Waals surface area contributed by atoms with Crippen molar-refractivity contribution in [3.05, 3.63) is 66.5 Å². The fraction of sp³-hybridized carbons (Fsp3) is 0.0625. The third-order valence-corrected chi connectivity index (χ3v) is 3.52. The lowest BCUT2D eigenvalue weighted by Crippen LogP contribution is -1.77. The van der Waals surface area contributed by atoms with Gasteiger partial charge in [-0.2, -0.15) is 0 Å². The average molecular weight is 295 g/mol. The third kappa shape index (κ3) is 3.79. The molecule has 4 nitrogen and oxygen atoms in total. The molecule has 1 aromatic carbocycles. The van der Waals surface area contributed by atoms with E-state index in [1.165, 1.54) is 17.3 Å². The van der Waals surface area contributed by atoms with Crippen molar-refractivity contribution >= 4 is 17.8 Å². The normalized spacial score (nSPS) is 11.0. The molecule has 3 rings (SSSR count). The van der Waals surface area contributed by atoms with Gasteiger partial charge in [-0.3, -0.25) is 4.98 Å². The van der Waals surface area contributed by atoms with E-state index < -0.39 is 0 Å². The minimum atomic E-state index is 0.520. The van der Waals surface area contributed by atoms with Crippen LogP contribution in [0.2, 0.25) is 0 Å². The zero-order chi connectivity index (χ0) is 14.3. The fourth-order valence-corrected chi connectivity index (χ4v) is 2.32. The van der Waals surface area contributed by atoms with Gasteiger partial charge >= 0.3 is 0 Å². The quantitative estimate of drug-likeness (QED) is 0.667. The Morgan fingerprint density at radius 3 is 2.62 bits per heavy atom. The van der Waals surface area contributed by atoms with E-state index in [9.17, 15) is 0 Å². The largest absolute Gasteiger partial charge is 0.411 e. The number of hydrogen-bond donors (Lipinski definition) is 0. The fourth-order valence-electron chi connectivity index (χ4n) is 1.75. The molecule has 0 fully saturated rings. The number of pyridine rings is 1. The molecule has 0 aliphatic carbocycles. The lowest BCUT2D eigenvalue weighted by Gasteiger charge is -1.93. The third-order valence-electron chi connectivity index (χ3n) is 2.75. The first kappa shape index (κ1) is 13.6. The summed E-state index contributed by atoms with van der Waals surface area (Å²) in [7, 11) is 0. The molecule has 5 heteroatoms. The number of rotatable bonds is 5. The second-order valence-corrected chi connectivity index (χ2v) is 5.20. The van der Waals surface area contributed by atoms with Gasteiger partial charge < -0.3 is 4.42 Å². The molecule has 0 spiro atoms. The summed E-state index contributed by atoms with van der Waals surface area (Å²) >= 11 is 1.51. The highest BCUT2D eigenvalue weighted by molar-refractivity contribution is 7.99. The summed E-state index contributed by atoms with van der Waals surface area (Å²) in [5.74, 6) is 1.30. The van der Waals surface area contributed by atoms with Crippen LogP contribution in [0.1, 0.15) is 5.56 Å². The van der Waals surface area contributed by atoms with E-state index in [0.717, 1.165) is 11.3 Å². The summed E-state index contributed by atoms with van der Waals surface area (Å²) in [5, 5.41) is 8.63. The molecule has 0 aliphatic heterocycles. The second kappa shape index (κ2) is 6.85. The molecule has 2 heterocycles. The number of nitrogens with zero attached hydrogens (tertiary/aromatic N) is 3. The zero-order valence-electron chi connectivity index (χ0n) is 11.2. The van der Waals surface area contributed by atoms with Crippen LogP contribution in [0.5, 0.6) is 0 Å². The van der Waals surface area contributed by atoms with Crippen LogP contribution in [0, 0.1) is 0 Å². The van der Waals surface area contributed by atoms with E-state index in [1.54, 1.807) is 12.4 Å². The summed E-state index contributed by atoms with van der Waals surface area (Å²) in [6.07, 6.45) is 7.56. The molecule has 0 unspecified atom stereocenters. The van der Waals surface area contributed by atoms with E-state index in [2.05, 4.69) is 39.5 Å². The Kier molecular flexibility index (Phi) is 4.43. The molecule has 0 aliphatic rings. The molecule has 0 amide bonds. The van der Waals surface area contributed by atoms with Crippen molar-refractivity contribution in [3.8, 4) is 11.5 Å². The summed E-state index contributed by atoms with van der Waals surface area (Å²) in [6, 6.07) is 13.9. The molecule has 0 saturated heterocycles. The molecule has 0 bridgehead atoms. The number of thioether (sulfide) groups is 1. The Morgan fingerprint density at radius 1 is 1.00 bits per heavy atom. The average Bonchev–Trinajstić information content (AvgIpc) is 3.02. The summed E-state index contributed by atoms with van der Waals surface area (Å²) in [6.45, 7) is 0. The second-order valence-electron chi connectivity index (χ2n) is 4.23. The van der Waals surface area contributed by atoms with Crippen LogP contribution in [-0.4, -0.2) is 20.9 Å². The van der Waals surface area contributed by atoms with Crippen LogP contribution in [0.4, 0.5) is 0 Å². The molecule has 0 radical (unpaired) electrons. The molecular formula is C16H13N3OS. The van der Waals surface area contributed by atoms with Gasteiger partial charge in [-0.1, -0.05) is 54.2 Å². The van der Waals surface area contributed by atoms with Gasteiger partial charge in [0, 0.05) is 23.7 Å². The number of aromatic nitrogens is 3. The molecule has 3 aromatic rings. The van der Waals surface area contributed by atoms with Crippen LogP contribution in [0.3, 0.4) is 0 Å². The lowest BCUT2D eigenvalue weighted by atomic mass is 10.2. The van der Waals surface area contributed by atoms with E-state index in [1.807, 2.05) is 30.3 Å². The Hall–Kier alpha value is -2.40. The van der Waals surface area contributed by atoms with Gasteiger partial charge in [0.1, 0.15) is 0 Å². The lowest BCUT2D eigenvalue weighted by molar-refractivity contribution is 0.466. The molecule has 0 atom stereocenters. The Labute approximate surface area is 126 Å². The highest BCUT2D eigenvalue weighted by Crippen LogP contribution is 2.22. The first-order chi connectivity index (χ1) is 10.4. The Bertz CT molecular complexity index is 711. The predicted molar refractivity (Wildman–Crippen MR) is 83.7 cm³/mol. The summed E-state index contributed by atoms with van der Waals surface area (Å²) in [4.78, 5) is 3.96. The van der Waals surface area contributed by atoms with Crippen LogP contribution in [0.15, 0.2) is 70.6 Å². The standard InChI is InChI=1S/C16H13N3OS/c1-2-5-13(6-3-1)7-4-12-21-16-19-18-15(20-16)14-8-10-17-11-9-14/h1-11H,12H2. The van der Waals surface area contributed by atoms with Gasteiger partial charge in [-0.05, 0) is 17.7 Å². The molecule has 0 saturated carbocycles. The van der Waals surface area contributed by atoms with Gasteiger partial charge in [0.05, 0.1) is 0 Å². The molecule has 0 N–H and O–H groups in total. The van der Waals surface area contributed by atoms with E-state index in [4.69, 9.17) is 4.42 Å². The van der Waals surface area contributed by atoms with Crippen LogP contribution >= 0.6 is 11.8 Å². The topological polar surface area (TPSA) is 51.8 Å². The van der Waals surface area contributed by atoms with Crippen molar-refractivity contribution in [2.45, 2.75) is 5.22 Å². The maximum atomic E-state index is 5.60. The maximum absolute atomic E-state index is 5.60. The molecule has 21 heavy (non-hydrogen) atoms. The van der Waals surface area contributed by atoms with Gasteiger partial charge in [-0.25, -0.2) is 0 Å². The summed E-state index contributed by atoms with van der Waals surface area (Å²) < 4.78 is 5.60. The van der Waals surface area contributed by atoms with Crippen LogP contribution in [0.25, 0.3) is 17.5 Å². The summed E-state index contributed by atoms with van der Waals surface area (Å²) in [5.41, 5.74) is 2.06. The van der Waals surface area contributed by atoms with E-state index in [-0.39, 0.29) is 0 Å². The van der Waals surface area contributed by atoms with Crippen molar-refractivity contribution < 1.29 is 4.42 Å². The minimum absolute atomic E-state index is 0.520. The highest BCUT2D eigenvalue weighted by atomic mass is 32.2. The molecular weight excluding hydrogens is 282 g/mol. The van der Waals surface area contributed by atoms with Crippen molar-refractivity contribution in [1.29, 1.82) is 0 Å². The van der Waals surface area contributed by atoms with Crippen molar-refractivity contribution in [1.82, 2.24) is 15.2 Å². The maximum Gasteiger partial charge on any atom is 0.277 e. The van der Waals surface area contributed by atoms with E-state index >= 15 is 0 Å². The van der Waals surface area contributed by atoms with Crippen LogP contribution < -0.4 is 0 Å². The van der Waals surface area contributed by atoms with Gasteiger partial charge in [0.15, 0.2) is 0 Å². The SMILES string of the molecule is C(=Cc1ccccc1)CSc1nnc(-c2ccncc2)o1. The Balaban J connectivity index is 1.57. The van der Waals surface area contributed by atoms with E-state index in [0.29, 0.717) is 11.1 Å². The highest BCUT2D eigenvalue weighted by Gasteiger charge is 2.07. The van der Waals surface area contributed by atoms with Gasteiger partial charge in [-0.15, -0.1) is 10.2 Å². The smallest absolute Gasteiger partial charge is 0.277 e.